The Morgan fingerprint density at radius 3 is 2.45 bits per heavy atom. The predicted molar refractivity (Wildman–Crippen MR) is 173 cm³/mol. The monoisotopic (exact) mass is 570 g/mol. The number of benzene rings is 3. The molecule has 3 aromatic carbocycles. The number of amides is 1. The third kappa shape index (κ3) is 7.76. The fourth-order valence-corrected chi connectivity index (χ4v) is 5.90. The third-order valence-electron chi connectivity index (χ3n) is 8.21. The number of nitrogens with one attached hydrogen (secondary N) is 1. The van der Waals surface area contributed by atoms with Gasteiger partial charge in [-0.15, -0.1) is 0 Å². The number of nitrogens with zero attached hydrogens (tertiary/aromatic N) is 1. The molecule has 5 heteroatoms. The standard InChI is InChI=1S/C37H45FN2O2.H2/c1-7-42-40-26(6)30-15-18-34-31(22-30)20-28(19-27-11-9-8-10-12-27)13-17-33(25(4)5)36(34)37(41)39-23-29-14-16-32(24(2)3)35(38)21-29;/h8-12,14-16,18,21-22,24-25,28H,7,13,17,19-20,23H2,1-6H3,(H,39,41);1H/b36-33-,40-26+;/t28-;/m1./s1. The Labute approximate surface area is 252 Å². The maximum atomic E-state index is 14.7. The molecule has 1 amide bonds. The lowest BCUT2D eigenvalue weighted by molar-refractivity contribution is -0.115. The van der Waals surface area contributed by atoms with Crippen LogP contribution >= 0.6 is 0 Å². The first-order chi connectivity index (χ1) is 20.2. The number of fused-ring (bicyclic) bond motifs is 1. The van der Waals surface area contributed by atoms with Gasteiger partial charge in [-0.05, 0) is 103 Å². The van der Waals surface area contributed by atoms with E-state index < -0.39 is 0 Å². The Morgan fingerprint density at radius 1 is 1.02 bits per heavy atom. The molecule has 0 spiro atoms. The molecule has 42 heavy (non-hydrogen) atoms. The largest absolute Gasteiger partial charge is 0.396 e. The number of hydrogen-bond donors (Lipinski definition) is 1. The SMILES string of the molecule is CCO/N=C(\C)c1ccc2c(c1)C[C@@H](Cc1ccccc1)CC/C(C(C)C)=C\2C(=O)NCc1ccc(C(C)C)c(F)c1.[HH]. The molecule has 4 rings (SSSR count). The third-order valence-corrected chi connectivity index (χ3v) is 8.21. The molecule has 0 unspecified atom stereocenters. The first-order valence-corrected chi connectivity index (χ1v) is 15.3. The van der Waals surface area contributed by atoms with Gasteiger partial charge in [-0.25, -0.2) is 4.39 Å². The summed E-state index contributed by atoms with van der Waals surface area (Å²) in [6.45, 7) is 12.9. The van der Waals surface area contributed by atoms with Crippen molar-refractivity contribution in [2.24, 2.45) is 17.0 Å². The van der Waals surface area contributed by atoms with Gasteiger partial charge in [0.25, 0.3) is 5.91 Å². The zero-order valence-electron chi connectivity index (χ0n) is 26.0. The second-order valence-corrected chi connectivity index (χ2v) is 12.0. The lowest BCUT2D eigenvalue weighted by atomic mass is 9.77. The fraction of sp³-hybridized carbons (Fsp3) is 0.405. The van der Waals surface area contributed by atoms with Crippen molar-refractivity contribution < 1.29 is 15.4 Å². The molecule has 3 aromatic rings. The first kappa shape index (κ1) is 31.2. The van der Waals surface area contributed by atoms with Crippen LogP contribution in [0.2, 0.25) is 0 Å². The van der Waals surface area contributed by atoms with Crippen molar-refractivity contribution in [3.05, 3.63) is 112 Å². The zero-order valence-corrected chi connectivity index (χ0v) is 26.0. The van der Waals surface area contributed by atoms with Crippen LogP contribution in [-0.4, -0.2) is 18.2 Å². The minimum Gasteiger partial charge on any atom is -0.396 e. The van der Waals surface area contributed by atoms with Gasteiger partial charge in [0.2, 0.25) is 0 Å². The molecule has 1 N–H and O–H groups in total. The summed E-state index contributed by atoms with van der Waals surface area (Å²) in [7, 11) is 0. The lowest BCUT2D eigenvalue weighted by Crippen LogP contribution is -2.27. The summed E-state index contributed by atoms with van der Waals surface area (Å²) in [4.78, 5) is 19.3. The van der Waals surface area contributed by atoms with E-state index in [4.69, 9.17) is 4.84 Å². The second-order valence-electron chi connectivity index (χ2n) is 12.0. The quantitative estimate of drug-likeness (QED) is 0.195. The Kier molecular flexibility index (Phi) is 10.7. The second kappa shape index (κ2) is 14.4. The summed E-state index contributed by atoms with van der Waals surface area (Å²) >= 11 is 0. The highest BCUT2D eigenvalue weighted by Crippen LogP contribution is 2.37. The Hall–Kier alpha value is -3.73. The van der Waals surface area contributed by atoms with Crippen LogP contribution in [0.15, 0.2) is 77.5 Å². The van der Waals surface area contributed by atoms with Gasteiger partial charge in [0.05, 0.1) is 5.71 Å². The van der Waals surface area contributed by atoms with Gasteiger partial charge in [0, 0.05) is 13.5 Å². The Morgan fingerprint density at radius 2 is 1.79 bits per heavy atom. The van der Waals surface area contributed by atoms with Crippen molar-refractivity contribution in [1.29, 1.82) is 0 Å². The number of carbonyl (C=O) groups is 1. The summed E-state index contributed by atoms with van der Waals surface area (Å²) in [5.74, 6) is 0.416. The minimum absolute atomic E-state index is 0. The van der Waals surface area contributed by atoms with E-state index in [1.54, 1.807) is 6.07 Å². The number of rotatable bonds is 10. The maximum Gasteiger partial charge on any atom is 0.252 e. The van der Waals surface area contributed by atoms with Crippen LogP contribution in [0.1, 0.15) is 95.1 Å². The van der Waals surface area contributed by atoms with E-state index >= 15 is 0 Å². The highest BCUT2D eigenvalue weighted by atomic mass is 19.1. The maximum absolute atomic E-state index is 14.7. The van der Waals surface area contributed by atoms with Crippen molar-refractivity contribution in [2.75, 3.05) is 6.61 Å². The van der Waals surface area contributed by atoms with Crippen LogP contribution in [0.4, 0.5) is 4.39 Å². The molecule has 1 aliphatic rings. The molecule has 1 atom stereocenters. The Balaban J connectivity index is 0.00000506. The van der Waals surface area contributed by atoms with Gasteiger partial charge in [-0.3, -0.25) is 4.79 Å². The highest BCUT2D eigenvalue weighted by molar-refractivity contribution is 6.21. The predicted octanol–water partition coefficient (Wildman–Crippen LogP) is 8.88. The molecule has 0 saturated heterocycles. The van der Waals surface area contributed by atoms with E-state index in [-0.39, 0.29) is 31.5 Å². The van der Waals surface area contributed by atoms with Crippen LogP contribution in [0.3, 0.4) is 0 Å². The molecule has 0 fully saturated rings. The average Bonchev–Trinajstić information content (AvgIpc) is 2.96. The summed E-state index contributed by atoms with van der Waals surface area (Å²) in [6, 6.07) is 22.2. The van der Waals surface area contributed by atoms with Gasteiger partial charge < -0.3 is 10.2 Å². The molecule has 0 heterocycles. The van der Waals surface area contributed by atoms with Crippen molar-refractivity contribution in [2.45, 2.75) is 79.7 Å². The van der Waals surface area contributed by atoms with Crippen LogP contribution in [0, 0.1) is 17.7 Å². The van der Waals surface area contributed by atoms with Gasteiger partial charge in [-0.1, -0.05) is 93.0 Å². The van der Waals surface area contributed by atoms with Crippen LogP contribution in [0.5, 0.6) is 0 Å². The molecular formula is C37H47FN2O2. The normalized spacial score (nSPS) is 17.5. The van der Waals surface area contributed by atoms with Crippen LogP contribution < -0.4 is 5.32 Å². The number of carbonyl (C=O) groups excluding carboxylic acids is 1. The minimum atomic E-state index is -0.226. The number of halogens is 1. The highest BCUT2D eigenvalue weighted by Gasteiger charge is 2.27. The smallest absolute Gasteiger partial charge is 0.252 e. The van der Waals surface area contributed by atoms with Crippen LogP contribution in [-0.2, 0) is 29.0 Å². The van der Waals surface area contributed by atoms with E-state index in [9.17, 15) is 9.18 Å². The van der Waals surface area contributed by atoms with E-state index in [1.165, 1.54) is 11.1 Å². The van der Waals surface area contributed by atoms with Crippen molar-refractivity contribution >= 4 is 17.2 Å². The van der Waals surface area contributed by atoms with Crippen molar-refractivity contribution in [1.82, 2.24) is 5.32 Å². The summed E-state index contributed by atoms with van der Waals surface area (Å²) in [6.07, 6.45) is 3.71. The fourth-order valence-electron chi connectivity index (χ4n) is 5.90. The van der Waals surface area contributed by atoms with E-state index in [0.717, 1.165) is 59.2 Å². The van der Waals surface area contributed by atoms with Gasteiger partial charge >= 0.3 is 0 Å². The number of oxime groups is 1. The van der Waals surface area contributed by atoms with Gasteiger partial charge in [0.15, 0.2) is 0 Å². The molecule has 0 aromatic heterocycles. The summed E-state index contributed by atoms with van der Waals surface area (Å²) in [5, 5.41) is 7.40. The first-order valence-electron chi connectivity index (χ1n) is 15.3. The molecule has 4 nitrogen and oxygen atoms in total. The van der Waals surface area contributed by atoms with Gasteiger partial charge in [0.1, 0.15) is 12.4 Å². The molecule has 0 saturated carbocycles. The van der Waals surface area contributed by atoms with Crippen LogP contribution in [0.25, 0.3) is 5.57 Å². The van der Waals surface area contributed by atoms with Crippen molar-refractivity contribution in [3.8, 4) is 0 Å². The average molecular weight is 571 g/mol. The van der Waals surface area contributed by atoms with E-state index in [2.05, 4.69) is 66.8 Å². The number of hydrogen-bond acceptors (Lipinski definition) is 3. The van der Waals surface area contributed by atoms with E-state index in [0.29, 0.717) is 18.1 Å². The lowest BCUT2D eigenvalue weighted by Gasteiger charge is -2.28. The summed E-state index contributed by atoms with van der Waals surface area (Å²) in [5.41, 5.74) is 8.62. The molecule has 224 valence electrons. The topological polar surface area (TPSA) is 50.7 Å². The molecule has 1 aliphatic carbocycles. The zero-order chi connectivity index (χ0) is 30.2. The summed E-state index contributed by atoms with van der Waals surface area (Å²) < 4.78 is 14.7. The molecule has 0 bridgehead atoms. The number of allylic oxidation sites excluding steroid dienone is 1. The van der Waals surface area contributed by atoms with Crippen molar-refractivity contribution in [3.63, 3.8) is 0 Å². The van der Waals surface area contributed by atoms with Gasteiger partial charge in [-0.2, -0.15) is 0 Å². The molecule has 0 aliphatic heterocycles. The molecule has 0 radical (unpaired) electrons. The Bertz CT molecular complexity index is 1450. The molecular weight excluding hydrogens is 523 g/mol. The van der Waals surface area contributed by atoms with E-state index in [1.807, 2.05) is 45.9 Å².